The molecule has 1 fully saturated rings. The number of rotatable bonds is 4. The number of carbonyl (C=O) groups is 2. The van der Waals surface area contributed by atoms with E-state index in [9.17, 15) is 9.59 Å². The first-order valence-corrected chi connectivity index (χ1v) is 10.8. The summed E-state index contributed by atoms with van der Waals surface area (Å²) in [7, 11) is 0. The van der Waals surface area contributed by atoms with E-state index < -0.39 is 11.6 Å². The van der Waals surface area contributed by atoms with E-state index in [1.807, 2.05) is 43.3 Å². The maximum absolute atomic E-state index is 13.4. The first kappa shape index (κ1) is 19.8. The van der Waals surface area contributed by atoms with Gasteiger partial charge in [0.05, 0.1) is 17.9 Å². The van der Waals surface area contributed by atoms with Crippen LogP contribution in [0.4, 0.5) is 4.79 Å². The van der Waals surface area contributed by atoms with E-state index in [1.54, 1.807) is 11.6 Å². The standard InChI is InChI=1S/C24H23ClN4O2/c1-15-20(21(25)29(27-15)19-9-4-3-5-10-19)14-28-22(30)24(2,26-23(28)31)18-12-11-16-7-6-8-17(16)13-18/h3-5,9-13H,6-8,14H2,1-2H3,(H,26,31). The van der Waals surface area contributed by atoms with Crippen LogP contribution in [0.25, 0.3) is 5.69 Å². The summed E-state index contributed by atoms with van der Waals surface area (Å²) in [5, 5.41) is 7.82. The maximum atomic E-state index is 13.4. The zero-order valence-electron chi connectivity index (χ0n) is 17.5. The Kier molecular flexibility index (Phi) is 4.63. The molecule has 1 saturated heterocycles. The first-order chi connectivity index (χ1) is 14.9. The molecule has 2 heterocycles. The number of hydrogen-bond acceptors (Lipinski definition) is 3. The fourth-order valence-corrected chi connectivity index (χ4v) is 4.86. The molecule has 7 heteroatoms. The summed E-state index contributed by atoms with van der Waals surface area (Å²) in [6.07, 6.45) is 3.21. The molecule has 6 nitrogen and oxygen atoms in total. The highest BCUT2D eigenvalue weighted by molar-refractivity contribution is 6.30. The Hall–Kier alpha value is -3.12. The average Bonchev–Trinajstić information content (AvgIpc) is 3.41. The van der Waals surface area contributed by atoms with Crippen molar-refractivity contribution in [3.8, 4) is 5.69 Å². The number of para-hydroxylation sites is 1. The summed E-state index contributed by atoms with van der Waals surface area (Å²) in [6.45, 7) is 3.67. The van der Waals surface area contributed by atoms with Crippen LogP contribution in [-0.4, -0.2) is 26.6 Å². The second-order valence-electron chi connectivity index (χ2n) is 8.39. The smallest absolute Gasteiger partial charge is 0.319 e. The molecule has 3 amide bonds. The van der Waals surface area contributed by atoms with Crippen LogP contribution >= 0.6 is 11.6 Å². The Labute approximate surface area is 185 Å². The maximum Gasteiger partial charge on any atom is 0.325 e. The summed E-state index contributed by atoms with van der Waals surface area (Å²) in [4.78, 5) is 27.5. The van der Waals surface area contributed by atoms with Crippen LogP contribution in [0, 0.1) is 6.92 Å². The second kappa shape index (κ2) is 7.24. The van der Waals surface area contributed by atoms with Crippen LogP contribution in [0.1, 0.15) is 41.3 Å². The molecule has 0 saturated carbocycles. The second-order valence-corrected chi connectivity index (χ2v) is 8.74. The zero-order valence-corrected chi connectivity index (χ0v) is 18.2. The Morgan fingerprint density at radius 1 is 1.10 bits per heavy atom. The molecule has 0 radical (unpaired) electrons. The number of carbonyl (C=O) groups excluding carboxylic acids is 2. The highest BCUT2D eigenvalue weighted by atomic mass is 35.5. The third kappa shape index (κ3) is 3.13. The molecule has 1 unspecified atom stereocenters. The molecule has 0 bridgehead atoms. The fraction of sp³-hybridized carbons (Fsp3) is 0.292. The summed E-state index contributed by atoms with van der Waals surface area (Å²) >= 11 is 6.62. The minimum atomic E-state index is -1.09. The molecule has 158 valence electrons. The molecular formula is C24H23ClN4O2. The van der Waals surface area contributed by atoms with Gasteiger partial charge in [-0.05, 0) is 61.9 Å². The highest BCUT2D eigenvalue weighted by Crippen LogP contribution is 2.34. The average molecular weight is 435 g/mol. The van der Waals surface area contributed by atoms with Gasteiger partial charge in [0.1, 0.15) is 10.7 Å². The van der Waals surface area contributed by atoms with Crippen molar-refractivity contribution in [2.24, 2.45) is 0 Å². The number of imide groups is 1. The molecule has 1 N–H and O–H groups in total. The number of nitrogens with one attached hydrogen (secondary N) is 1. The third-order valence-electron chi connectivity index (χ3n) is 6.39. The van der Waals surface area contributed by atoms with Crippen LogP contribution in [0.2, 0.25) is 5.15 Å². The van der Waals surface area contributed by atoms with E-state index in [0.717, 1.165) is 30.5 Å². The third-order valence-corrected chi connectivity index (χ3v) is 6.78. The van der Waals surface area contributed by atoms with Crippen molar-refractivity contribution in [3.05, 3.63) is 81.6 Å². The number of aromatic nitrogens is 2. The van der Waals surface area contributed by atoms with Crippen molar-refractivity contribution in [1.82, 2.24) is 20.0 Å². The Morgan fingerprint density at radius 2 is 1.84 bits per heavy atom. The zero-order chi connectivity index (χ0) is 21.8. The summed E-state index contributed by atoms with van der Waals surface area (Å²) < 4.78 is 1.63. The van der Waals surface area contributed by atoms with E-state index in [-0.39, 0.29) is 12.5 Å². The Balaban J connectivity index is 1.45. The molecule has 0 spiro atoms. The van der Waals surface area contributed by atoms with E-state index in [4.69, 9.17) is 11.6 Å². The van der Waals surface area contributed by atoms with Gasteiger partial charge in [-0.15, -0.1) is 0 Å². The molecule has 31 heavy (non-hydrogen) atoms. The number of nitrogens with zero attached hydrogens (tertiary/aromatic N) is 3. The van der Waals surface area contributed by atoms with Gasteiger partial charge in [-0.1, -0.05) is 48.0 Å². The van der Waals surface area contributed by atoms with Crippen LogP contribution < -0.4 is 5.32 Å². The highest BCUT2D eigenvalue weighted by Gasteiger charge is 2.49. The number of amides is 3. The van der Waals surface area contributed by atoms with E-state index in [2.05, 4.69) is 22.5 Å². The lowest BCUT2D eigenvalue weighted by Gasteiger charge is -2.23. The largest absolute Gasteiger partial charge is 0.325 e. The summed E-state index contributed by atoms with van der Waals surface area (Å²) in [6, 6.07) is 15.2. The van der Waals surface area contributed by atoms with Gasteiger partial charge in [0.2, 0.25) is 0 Å². The predicted molar refractivity (Wildman–Crippen MR) is 118 cm³/mol. The van der Waals surface area contributed by atoms with Gasteiger partial charge in [0, 0.05) is 5.56 Å². The lowest BCUT2D eigenvalue weighted by Crippen LogP contribution is -2.41. The van der Waals surface area contributed by atoms with Gasteiger partial charge in [0.15, 0.2) is 0 Å². The van der Waals surface area contributed by atoms with Gasteiger partial charge in [-0.3, -0.25) is 9.69 Å². The number of hydrogen-bond donors (Lipinski definition) is 1. The number of urea groups is 1. The summed E-state index contributed by atoms with van der Waals surface area (Å²) in [5.41, 5.74) is 4.48. The topological polar surface area (TPSA) is 67.2 Å². The normalized spacial score (nSPS) is 20.3. The van der Waals surface area contributed by atoms with Gasteiger partial charge in [0.25, 0.3) is 5.91 Å². The van der Waals surface area contributed by atoms with Gasteiger partial charge in [-0.25, -0.2) is 9.48 Å². The Bertz CT molecular complexity index is 1200. The van der Waals surface area contributed by atoms with Crippen molar-refractivity contribution in [3.63, 3.8) is 0 Å². The SMILES string of the molecule is Cc1nn(-c2ccccc2)c(Cl)c1CN1C(=O)NC(C)(c2ccc3c(c2)CCC3)C1=O. The molecule has 1 aliphatic carbocycles. The molecule has 2 aromatic carbocycles. The van der Waals surface area contributed by atoms with Gasteiger partial charge in [-0.2, -0.15) is 5.10 Å². The van der Waals surface area contributed by atoms with Crippen molar-refractivity contribution in [2.45, 2.75) is 45.2 Å². The minimum absolute atomic E-state index is 0.0721. The number of benzene rings is 2. The lowest BCUT2D eigenvalue weighted by molar-refractivity contribution is -0.131. The lowest BCUT2D eigenvalue weighted by atomic mass is 9.89. The molecule has 3 aromatic rings. The van der Waals surface area contributed by atoms with Crippen LogP contribution in [0.15, 0.2) is 48.5 Å². The van der Waals surface area contributed by atoms with E-state index in [0.29, 0.717) is 16.4 Å². The van der Waals surface area contributed by atoms with Crippen LogP contribution in [0.5, 0.6) is 0 Å². The fourth-order valence-electron chi connectivity index (χ4n) is 4.53. The van der Waals surface area contributed by atoms with Crippen molar-refractivity contribution < 1.29 is 9.59 Å². The van der Waals surface area contributed by atoms with Crippen LogP contribution in [0.3, 0.4) is 0 Å². The van der Waals surface area contributed by atoms with Crippen molar-refractivity contribution in [2.75, 3.05) is 0 Å². The number of fused-ring (bicyclic) bond motifs is 1. The molecule has 1 aromatic heterocycles. The number of halogens is 1. The van der Waals surface area contributed by atoms with E-state index >= 15 is 0 Å². The van der Waals surface area contributed by atoms with Crippen molar-refractivity contribution >= 4 is 23.5 Å². The molecule has 5 rings (SSSR count). The molecule has 1 atom stereocenters. The van der Waals surface area contributed by atoms with Gasteiger partial charge < -0.3 is 5.32 Å². The van der Waals surface area contributed by atoms with E-state index in [1.165, 1.54) is 16.0 Å². The molecular weight excluding hydrogens is 412 g/mol. The van der Waals surface area contributed by atoms with Crippen LogP contribution in [-0.2, 0) is 29.7 Å². The summed E-state index contributed by atoms with van der Waals surface area (Å²) in [5.74, 6) is -0.279. The molecule has 1 aliphatic heterocycles. The predicted octanol–water partition coefficient (Wildman–Crippen LogP) is 4.29. The molecule has 2 aliphatic rings. The monoisotopic (exact) mass is 434 g/mol. The Morgan fingerprint density at radius 3 is 2.61 bits per heavy atom. The quantitative estimate of drug-likeness (QED) is 0.623. The van der Waals surface area contributed by atoms with Gasteiger partial charge >= 0.3 is 6.03 Å². The number of aryl methyl sites for hydroxylation is 3. The van der Waals surface area contributed by atoms with Crippen molar-refractivity contribution in [1.29, 1.82) is 0 Å². The first-order valence-electron chi connectivity index (χ1n) is 10.4. The minimum Gasteiger partial charge on any atom is -0.319 e.